The van der Waals surface area contributed by atoms with Crippen LogP contribution in [0.2, 0.25) is 0 Å². The van der Waals surface area contributed by atoms with Gasteiger partial charge in [0, 0.05) is 12.6 Å². The predicted octanol–water partition coefficient (Wildman–Crippen LogP) is 2.19. The summed E-state index contributed by atoms with van der Waals surface area (Å²) in [6, 6.07) is 4.60. The molecule has 2 rings (SSSR count). The Morgan fingerprint density at radius 3 is 2.82 bits per heavy atom. The number of benzene rings is 1. The molecule has 92 valence electrons. The van der Waals surface area contributed by atoms with Gasteiger partial charge in [0.1, 0.15) is 5.82 Å². The third-order valence-corrected chi connectivity index (χ3v) is 3.58. The summed E-state index contributed by atoms with van der Waals surface area (Å²) in [6.45, 7) is 0.224. The van der Waals surface area contributed by atoms with Crippen LogP contribution in [0.15, 0.2) is 22.7 Å². The second kappa shape index (κ2) is 5.14. The van der Waals surface area contributed by atoms with Crippen molar-refractivity contribution in [2.45, 2.75) is 18.9 Å². The molecule has 1 saturated carbocycles. The van der Waals surface area contributed by atoms with Gasteiger partial charge in [-0.3, -0.25) is 4.79 Å². The Morgan fingerprint density at radius 2 is 2.24 bits per heavy atom. The predicted molar refractivity (Wildman–Crippen MR) is 65.2 cm³/mol. The fourth-order valence-electron chi connectivity index (χ4n) is 1.77. The van der Waals surface area contributed by atoms with Crippen LogP contribution in [-0.4, -0.2) is 35.1 Å². The largest absolute Gasteiger partial charge is 0.395 e. The van der Waals surface area contributed by atoms with Gasteiger partial charge in [-0.25, -0.2) is 4.39 Å². The molecule has 1 fully saturated rings. The molecule has 0 saturated heterocycles. The van der Waals surface area contributed by atoms with Crippen molar-refractivity contribution in [2.24, 2.45) is 0 Å². The standard InChI is InChI=1S/C12H13BrFNO2/c13-11-9(2-1-3-10(11)14)12(17)15(6-7-16)8-4-5-8/h1-3,8,16H,4-7H2. The number of carbonyl (C=O) groups excluding carboxylic acids is 1. The molecule has 0 spiro atoms. The number of hydrogen-bond acceptors (Lipinski definition) is 2. The van der Waals surface area contributed by atoms with Gasteiger partial charge in [-0.15, -0.1) is 0 Å². The lowest BCUT2D eigenvalue weighted by Gasteiger charge is -2.22. The van der Waals surface area contributed by atoms with Gasteiger partial charge in [-0.1, -0.05) is 6.07 Å². The number of nitrogens with zero attached hydrogens (tertiary/aromatic N) is 1. The quantitative estimate of drug-likeness (QED) is 0.926. The van der Waals surface area contributed by atoms with Crippen molar-refractivity contribution < 1.29 is 14.3 Å². The Hall–Kier alpha value is -0.940. The molecule has 0 aliphatic heterocycles. The first-order valence-electron chi connectivity index (χ1n) is 5.51. The van der Waals surface area contributed by atoms with E-state index in [9.17, 15) is 9.18 Å². The molecular weight excluding hydrogens is 289 g/mol. The molecule has 1 aromatic carbocycles. The van der Waals surface area contributed by atoms with Gasteiger partial charge in [-0.2, -0.15) is 0 Å². The van der Waals surface area contributed by atoms with Crippen LogP contribution in [0.4, 0.5) is 4.39 Å². The van der Waals surface area contributed by atoms with Crippen molar-refractivity contribution in [3.8, 4) is 0 Å². The van der Waals surface area contributed by atoms with E-state index in [4.69, 9.17) is 5.11 Å². The third kappa shape index (κ3) is 2.66. The summed E-state index contributed by atoms with van der Waals surface area (Å²) < 4.78 is 13.5. The van der Waals surface area contributed by atoms with Gasteiger partial charge in [-0.05, 0) is 40.9 Å². The fourth-order valence-corrected chi connectivity index (χ4v) is 2.20. The second-order valence-corrected chi connectivity index (χ2v) is 4.85. The lowest BCUT2D eigenvalue weighted by atomic mass is 10.2. The van der Waals surface area contributed by atoms with Crippen LogP contribution >= 0.6 is 15.9 Å². The van der Waals surface area contributed by atoms with Gasteiger partial charge >= 0.3 is 0 Å². The molecule has 1 N–H and O–H groups in total. The summed E-state index contributed by atoms with van der Waals surface area (Å²) in [7, 11) is 0. The van der Waals surface area contributed by atoms with Gasteiger partial charge < -0.3 is 10.0 Å². The van der Waals surface area contributed by atoms with Gasteiger partial charge in [0.25, 0.3) is 5.91 Å². The topological polar surface area (TPSA) is 40.5 Å². The third-order valence-electron chi connectivity index (χ3n) is 2.77. The minimum absolute atomic E-state index is 0.0742. The van der Waals surface area contributed by atoms with Crippen LogP contribution in [0.5, 0.6) is 0 Å². The normalized spacial score (nSPS) is 14.8. The van der Waals surface area contributed by atoms with Crippen LogP contribution < -0.4 is 0 Å². The SMILES string of the molecule is O=C(c1cccc(F)c1Br)N(CCO)C1CC1. The van der Waals surface area contributed by atoms with E-state index in [-0.39, 0.29) is 23.0 Å². The first-order chi connectivity index (χ1) is 8.15. The lowest BCUT2D eigenvalue weighted by Crippen LogP contribution is -2.35. The van der Waals surface area contributed by atoms with E-state index >= 15 is 0 Å². The maximum Gasteiger partial charge on any atom is 0.255 e. The van der Waals surface area contributed by atoms with E-state index in [1.807, 2.05) is 0 Å². The summed E-state index contributed by atoms with van der Waals surface area (Å²) in [5.41, 5.74) is 0.311. The Balaban J connectivity index is 2.25. The molecule has 5 heteroatoms. The van der Waals surface area contributed by atoms with Gasteiger partial charge in [0.05, 0.1) is 16.6 Å². The highest BCUT2D eigenvalue weighted by atomic mass is 79.9. The number of hydrogen-bond donors (Lipinski definition) is 1. The summed E-state index contributed by atoms with van der Waals surface area (Å²) in [5, 5.41) is 8.95. The van der Waals surface area contributed by atoms with Crippen LogP contribution in [0.3, 0.4) is 0 Å². The van der Waals surface area contributed by atoms with Crippen molar-refractivity contribution in [2.75, 3.05) is 13.2 Å². The van der Waals surface area contributed by atoms with Crippen LogP contribution in [0.25, 0.3) is 0 Å². The summed E-state index contributed by atoms with van der Waals surface area (Å²) >= 11 is 3.08. The van der Waals surface area contributed by atoms with E-state index in [0.29, 0.717) is 12.1 Å². The molecule has 1 aliphatic carbocycles. The molecule has 1 aromatic rings. The highest BCUT2D eigenvalue weighted by Gasteiger charge is 2.33. The minimum atomic E-state index is -0.449. The maximum absolute atomic E-state index is 13.3. The lowest BCUT2D eigenvalue weighted by molar-refractivity contribution is 0.0706. The number of aliphatic hydroxyl groups is 1. The number of amides is 1. The number of carbonyl (C=O) groups is 1. The van der Waals surface area contributed by atoms with Crippen molar-refractivity contribution in [1.29, 1.82) is 0 Å². The summed E-state index contributed by atoms with van der Waals surface area (Å²) in [6.07, 6.45) is 1.91. The van der Waals surface area contributed by atoms with Gasteiger partial charge in [0.2, 0.25) is 0 Å². The second-order valence-electron chi connectivity index (χ2n) is 4.05. The van der Waals surface area contributed by atoms with Crippen LogP contribution in [0, 0.1) is 5.82 Å². The van der Waals surface area contributed by atoms with Crippen LogP contribution in [-0.2, 0) is 0 Å². The Kier molecular flexibility index (Phi) is 3.79. The van der Waals surface area contributed by atoms with Crippen molar-refractivity contribution in [1.82, 2.24) is 4.90 Å². The highest BCUT2D eigenvalue weighted by Crippen LogP contribution is 2.30. The molecule has 1 aliphatic rings. The van der Waals surface area contributed by atoms with E-state index in [0.717, 1.165) is 12.8 Å². The van der Waals surface area contributed by atoms with E-state index in [1.165, 1.54) is 12.1 Å². The van der Waals surface area contributed by atoms with E-state index in [1.54, 1.807) is 11.0 Å². The molecule has 0 bridgehead atoms. The zero-order chi connectivity index (χ0) is 12.4. The fraction of sp³-hybridized carbons (Fsp3) is 0.417. The van der Waals surface area contributed by atoms with E-state index in [2.05, 4.69) is 15.9 Å². The average Bonchev–Trinajstić information content (AvgIpc) is 3.13. The molecule has 0 atom stereocenters. The molecule has 0 radical (unpaired) electrons. The molecule has 1 amide bonds. The summed E-state index contributed by atoms with van der Waals surface area (Å²) in [4.78, 5) is 13.8. The molecule has 17 heavy (non-hydrogen) atoms. The van der Waals surface area contributed by atoms with Gasteiger partial charge in [0.15, 0.2) is 0 Å². The van der Waals surface area contributed by atoms with Crippen molar-refractivity contribution in [3.05, 3.63) is 34.1 Å². The Bertz CT molecular complexity index is 435. The monoisotopic (exact) mass is 301 g/mol. The highest BCUT2D eigenvalue weighted by molar-refractivity contribution is 9.10. The smallest absolute Gasteiger partial charge is 0.255 e. The Labute approximate surface area is 107 Å². The molecule has 0 aromatic heterocycles. The first kappa shape index (κ1) is 12.5. The van der Waals surface area contributed by atoms with Crippen LogP contribution in [0.1, 0.15) is 23.2 Å². The maximum atomic E-state index is 13.3. The van der Waals surface area contributed by atoms with Crippen molar-refractivity contribution >= 4 is 21.8 Å². The molecular formula is C12H13BrFNO2. The average molecular weight is 302 g/mol. The zero-order valence-corrected chi connectivity index (χ0v) is 10.8. The minimum Gasteiger partial charge on any atom is -0.395 e. The number of halogens is 2. The zero-order valence-electron chi connectivity index (χ0n) is 9.20. The first-order valence-corrected chi connectivity index (χ1v) is 6.30. The number of aliphatic hydroxyl groups excluding tert-OH is 1. The van der Waals surface area contributed by atoms with Crippen molar-refractivity contribution in [3.63, 3.8) is 0 Å². The molecule has 3 nitrogen and oxygen atoms in total. The Morgan fingerprint density at radius 1 is 1.53 bits per heavy atom. The number of rotatable bonds is 4. The molecule has 0 heterocycles. The summed E-state index contributed by atoms with van der Waals surface area (Å²) in [5.74, 6) is -0.677. The van der Waals surface area contributed by atoms with E-state index < -0.39 is 5.82 Å². The molecule has 0 unspecified atom stereocenters.